The number of carbonyl (C=O) groups is 3. The van der Waals surface area contributed by atoms with Crippen LogP contribution in [0.25, 0.3) is 0 Å². The van der Waals surface area contributed by atoms with E-state index in [1.165, 1.54) is 0 Å². The van der Waals surface area contributed by atoms with Gasteiger partial charge in [0.1, 0.15) is 6.04 Å². The summed E-state index contributed by atoms with van der Waals surface area (Å²) in [5.74, 6) is -2.27. The number of esters is 1. The second-order valence-corrected chi connectivity index (χ2v) is 3.94. The molecule has 4 N–H and O–H groups in total. The van der Waals surface area contributed by atoms with Crippen molar-refractivity contribution < 1.29 is 24.2 Å². The molecule has 0 aromatic carbocycles. The van der Waals surface area contributed by atoms with Crippen molar-refractivity contribution in [2.45, 2.75) is 32.7 Å². The first-order valence-corrected chi connectivity index (χ1v) is 5.80. The van der Waals surface area contributed by atoms with Crippen LogP contribution in [-0.4, -0.2) is 42.1 Å². The van der Waals surface area contributed by atoms with Gasteiger partial charge in [-0.2, -0.15) is 0 Å². The minimum absolute atomic E-state index is 0.0169. The third-order valence-electron chi connectivity index (χ3n) is 2.29. The molecule has 0 aliphatic carbocycles. The lowest BCUT2D eigenvalue weighted by molar-refractivity contribution is -0.147. The molecule has 0 aliphatic heterocycles. The third-order valence-corrected chi connectivity index (χ3v) is 2.29. The number of carbonyl (C=O) groups excluding carboxylic acids is 2. The average molecular weight is 260 g/mol. The molecule has 0 radical (unpaired) electrons. The van der Waals surface area contributed by atoms with Crippen LogP contribution in [0.5, 0.6) is 0 Å². The van der Waals surface area contributed by atoms with Crippen molar-refractivity contribution in [1.82, 2.24) is 5.32 Å². The van der Waals surface area contributed by atoms with Crippen molar-refractivity contribution in [3.05, 3.63) is 0 Å². The molecule has 0 spiro atoms. The van der Waals surface area contributed by atoms with Gasteiger partial charge in [0, 0.05) is 13.0 Å². The zero-order chi connectivity index (χ0) is 14.1. The van der Waals surface area contributed by atoms with Gasteiger partial charge in [-0.15, -0.1) is 0 Å². The number of nitrogens with one attached hydrogen (secondary N) is 1. The number of carboxylic acid groups (broad SMARTS) is 1. The Balaban J connectivity index is 3.83. The first-order chi connectivity index (χ1) is 8.38. The molecule has 0 aromatic rings. The van der Waals surface area contributed by atoms with Gasteiger partial charge in [0.25, 0.3) is 0 Å². The van der Waals surface area contributed by atoms with Crippen LogP contribution in [0.15, 0.2) is 0 Å². The summed E-state index contributed by atoms with van der Waals surface area (Å²) in [6.45, 7) is 3.81. The molecule has 1 amide bonds. The lowest BCUT2D eigenvalue weighted by atomic mass is 10.1. The summed E-state index contributed by atoms with van der Waals surface area (Å²) in [5, 5.41) is 11.1. The highest BCUT2D eigenvalue weighted by atomic mass is 16.5. The lowest BCUT2D eigenvalue weighted by Crippen LogP contribution is -2.35. The van der Waals surface area contributed by atoms with Crippen LogP contribution in [0.2, 0.25) is 0 Å². The Bertz CT molecular complexity index is 306. The van der Waals surface area contributed by atoms with Gasteiger partial charge in [0.05, 0.1) is 12.5 Å². The van der Waals surface area contributed by atoms with Gasteiger partial charge in [0.2, 0.25) is 5.91 Å². The summed E-state index contributed by atoms with van der Waals surface area (Å²) in [5.41, 5.74) is 5.25. The van der Waals surface area contributed by atoms with Gasteiger partial charge in [-0.25, -0.2) is 0 Å². The molecule has 7 nitrogen and oxygen atoms in total. The Labute approximate surface area is 106 Å². The van der Waals surface area contributed by atoms with Gasteiger partial charge in [-0.05, 0) is 13.3 Å². The number of rotatable bonds is 8. The molecule has 0 rings (SSSR count). The second-order valence-electron chi connectivity index (χ2n) is 3.94. The van der Waals surface area contributed by atoms with Gasteiger partial charge in [-0.1, -0.05) is 6.92 Å². The molecule has 2 atom stereocenters. The average Bonchev–Trinajstić information content (AvgIpc) is 2.32. The minimum atomic E-state index is -1.14. The maximum Gasteiger partial charge on any atom is 0.320 e. The van der Waals surface area contributed by atoms with Crippen molar-refractivity contribution in [2.24, 2.45) is 11.7 Å². The maximum absolute atomic E-state index is 11.3. The molecular weight excluding hydrogens is 240 g/mol. The molecule has 0 saturated heterocycles. The van der Waals surface area contributed by atoms with Crippen LogP contribution in [0, 0.1) is 5.92 Å². The Hall–Kier alpha value is -1.63. The molecule has 18 heavy (non-hydrogen) atoms. The molecule has 0 bridgehead atoms. The Morgan fingerprint density at radius 2 is 2.00 bits per heavy atom. The van der Waals surface area contributed by atoms with Gasteiger partial charge in [-0.3, -0.25) is 14.4 Å². The molecule has 104 valence electrons. The van der Waals surface area contributed by atoms with Crippen molar-refractivity contribution in [2.75, 3.05) is 13.2 Å². The van der Waals surface area contributed by atoms with Crippen LogP contribution in [0.3, 0.4) is 0 Å². The Kier molecular flexibility index (Phi) is 7.69. The van der Waals surface area contributed by atoms with Crippen molar-refractivity contribution in [1.29, 1.82) is 0 Å². The predicted molar refractivity (Wildman–Crippen MR) is 63.7 cm³/mol. The SMILES string of the molecule is CCOC(=O)C(C)CNC(=O)CCC(N)C(=O)O. The molecule has 0 aromatic heterocycles. The first-order valence-electron chi connectivity index (χ1n) is 5.80. The van der Waals surface area contributed by atoms with Crippen LogP contribution >= 0.6 is 0 Å². The topological polar surface area (TPSA) is 119 Å². The second kappa shape index (κ2) is 8.46. The zero-order valence-electron chi connectivity index (χ0n) is 10.6. The smallest absolute Gasteiger partial charge is 0.320 e. The Morgan fingerprint density at radius 1 is 1.39 bits per heavy atom. The summed E-state index contributed by atoms with van der Waals surface area (Å²) < 4.78 is 4.78. The molecule has 2 unspecified atom stereocenters. The highest BCUT2D eigenvalue weighted by Gasteiger charge is 2.16. The number of amides is 1. The first kappa shape index (κ1) is 16.4. The fourth-order valence-electron chi connectivity index (χ4n) is 1.13. The normalized spacial score (nSPS) is 13.5. The summed E-state index contributed by atoms with van der Waals surface area (Å²) in [4.78, 5) is 33.0. The van der Waals surface area contributed by atoms with E-state index in [1.807, 2.05) is 0 Å². The van der Waals surface area contributed by atoms with E-state index in [0.29, 0.717) is 6.61 Å². The summed E-state index contributed by atoms with van der Waals surface area (Å²) in [6.07, 6.45) is 0.0813. The largest absolute Gasteiger partial charge is 0.480 e. The van der Waals surface area contributed by atoms with E-state index in [0.717, 1.165) is 0 Å². The summed E-state index contributed by atoms with van der Waals surface area (Å²) in [6, 6.07) is -1.04. The van der Waals surface area contributed by atoms with E-state index in [4.69, 9.17) is 15.6 Å². The van der Waals surface area contributed by atoms with Gasteiger partial charge >= 0.3 is 11.9 Å². The Morgan fingerprint density at radius 3 is 2.50 bits per heavy atom. The van der Waals surface area contributed by atoms with E-state index in [2.05, 4.69) is 5.32 Å². The van der Waals surface area contributed by atoms with Crippen molar-refractivity contribution in [3.63, 3.8) is 0 Å². The van der Waals surface area contributed by atoms with Crippen LogP contribution in [-0.2, 0) is 19.1 Å². The maximum atomic E-state index is 11.3. The highest BCUT2D eigenvalue weighted by molar-refractivity contribution is 5.79. The van der Waals surface area contributed by atoms with E-state index >= 15 is 0 Å². The number of ether oxygens (including phenoxy) is 1. The fraction of sp³-hybridized carbons (Fsp3) is 0.727. The highest BCUT2D eigenvalue weighted by Crippen LogP contribution is 1.99. The minimum Gasteiger partial charge on any atom is -0.480 e. The van der Waals surface area contributed by atoms with Gasteiger partial charge in [0.15, 0.2) is 0 Å². The van der Waals surface area contributed by atoms with Gasteiger partial charge < -0.3 is 20.9 Å². The van der Waals surface area contributed by atoms with Crippen LogP contribution < -0.4 is 11.1 Å². The van der Waals surface area contributed by atoms with E-state index in [-0.39, 0.29) is 31.3 Å². The van der Waals surface area contributed by atoms with Crippen LogP contribution in [0.1, 0.15) is 26.7 Å². The molecule has 0 heterocycles. The van der Waals surface area contributed by atoms with E-state index in [1.54, 1.807) is 13.8 Å². The quantitative estimate of drug-likeness (QED) is 0.506. The number of carboxylic acids is 1. The summed E-state index contributed by atoms with van der Waals surface area (Å²) in [7, 11) is 0. The molecule has 0 fully saturated rings. The summed E-state index contributed by atoms with van der Waals surface area (Å²) >= 11 is 0. The molecule has 7 heteroatoms. The molecule has 0 aliphatic rings. The third kappa shape index (κ3) is 6.85. The number of hydrogen-bond acceptors (Lipinski definition) is 5. The van der Waals surface area contributed by atoms with Crippen molar-refractivity contribution in [3.8, 4) is 0 Å². The van der Waals surface area contributed by atoms with E-state index in [9.17, 15) is 14.4 Å². The zero-order valence-corrected chi connectivity index (χ0v) is 10.6. The van der Waals surface area contributed by atoms with Crippen LogP contribution in [0.4, 0.5) is 0 Å². The standard InChI is InChI=1S/C11H20N2O5/c1-3-18-11(17)7(2)6-13-9(14)5-4-8(12)10(15)16/h7-8H,3-6,12H2,1-2H3,(H,13,14)(H,15,16). The lowest BCUT2D eigenvalue weighted by Gasteiger charge is -2.12. The van der Waals surface area contributed by atoms with Crippen molar-refractivity contribution >= 4 is 17.8 Å². The number of nitrogens with two attached hydrogens (primary N) is 1. The monoisotopic (exact) mass is 260 g/mol. The number of aliphatic carboxylic acids is 1. The van der Waals surface area contributed by atoms with E-state index < -0.39 is 17.9 Å². The fourth-order valence-corrected chi connectivity index (χ4v) is 1.13. The molecule has 0 saturated carbocycles. The number of hydrogen-bond donors (Lipinski definition) is 3. The molecular formula is C11H20N2O5. The predicted octanol–water partition coefficient (Wildman–Crippen LogP) is -0.506.